The lowest BCUT2D eigenvalue weighted by atomic mass is 10.2. The van der Waals surface area contributed by atoms with Gasteiger partial charge in [0, 0.05) is 32.2 Å². The van der Waals surface area contributed by atoms with Crippen molar-refractivity contribution in [2.75, 3.05) is 45.2 Å². The van der Waals surface area contributed by atoms with Crippen LogP contribution >= 0.6 is 0 Å². The number of carbonyl (C=O) groups is 1. The van der Waals surface area contributed by atoms with Crippen LogP contribution in [0.4, 0.5) is 5.69 Å². The molecule has 1 aliphatic rings. The summed E-state index contributed by atoms with van der Waals surface area (Å²) in [4.78, 5) is 16.9. The quantitative estimate of drug-likeness (QED) is 0.903. The average molecular weight is 305 g/mol. The summed E-state index contributed by atoms with van der Waals surface area (Å²) in [5, 5.41) is 2.96. The third kappa shape index (κ3) is 4.45. The summed E-state index contributed by atoms with van der Waals surface area (Å²) in [6.07, 6.45) is 0. The lowest BCUT2D eigenvalue weighted by molar-refractivity contribution is -0.117. The van der Waals surface area contributed by atoms with E-state index < -0.39 is 0 Å². The number of nitrogens with one attached hydrogen (secondary N) is 1. The van der Waals surface area contributed by atoms with E-state index in [0.29, 0.717) is 18.3 Å². The van der Waals surface area contributed by atoms with Gasteiger partial charge in [-0.3, -0.25) is 14.6 Å². The zero-order chi connectivity index (χ0) is 16.1. The normalized spacial score (nSPS) is 16.8. The Morgan fingerprint density at radius 3 is 2.55 bits per heavy atom. The number of nitrogens with zero attached hydrogens (tertiary/aromatic N) is 2. The SMILES string of the molecule is COc1ccc(C)cc1NC(=O)CN1CCN(C(C)C)CC1. The molecule has 0 atom stereocenters. The number of ether oxygens (including phenoxy) is 1. The minimum Gasteiger partial charge on any atom is -0.495 e. The Hall–Kier alpha value is -1.59. The first kappa shape index (κ1) is 16.8. The fourth-order valence-corrected chi connectivity index (χ4v) is 2.75. The summed E-state index contributed by atoms with van der Waals surface area (Å²) in [6.45, 7) is 10.8. The van der Waals surface area contributed by atoms with Gasteiger partial charge in [0.25, 0.3) is 0 Å². The number of aryl methyl sites for hydroxylation is 1. The maximum atomic E-state index is 12.3. The number of benzene rings is 1. The van der Waals surface area contributed by atoms with E-state index in [4.69, 9.17) is 4.74 Å². The number of hydrogen-bond donors (Lipinski definition) is 1. The molecule has 0 bridgehead atoms. The molecule has 0 radical (unpaired) electrons. The van der Waals surface area contributed by atoms with Gasteiger partial charge < -0.3 is 10.1 Å². The molecule has 5 heteroatoms. The second-order valence-electron chi connectivity index (χ2n) is 6.16. The Kier molecular flexibility index (Phi) is 5.80. The van der Waals surface area contributed by atoms with Crippen LogP contribution in [0.25, 0.3) is 0 Å². The van der Waals surface area contributed by atoms with Crippen molar-refractivity contribution in [3.8, 4) is 5.75 Å². The standard InChI is InChI=1S/C17H27N3O2/c1-13(2)20-9-7-19(8-10-20)12-17(21)18-15-11-14(3)5-6-16(15)22-4/h5-6,11,13H,7-10,12H2,1-4H3,(H,18,21). The fourth-order valence-electron chi connectivity index (χ4n) is 2.75. The van der Waals surface area contributed by atoms with E-state index in [1.54, 1.807) is 7.11 Å². The maximum absolute atomic E-state index is 12.3. The summed E-state index contributed by atoms with van der Waals surface area (Å²) in [5.74, 6) is 0.713. The van der Waals surface area contributed by atoms with Crippen molar-refractivity contribution in [3.05, 3.63) is 23.8 Å². The molecule has 1 N–H and O–H groups in total. The molecule has 1 aliphatic heterocycles. The van der Waals surface area contributed by atoms with E-state index in [1.165, 1.54) is 0 Å². The molecule has 0 aromatic heterocycles. The summed E-state index contributed by atoms with van der Waals surface area (Å²) in [7, 11) is 1.62. The maximum Gasteiger partial charge on any atom is 0.238 e. The molecule has 0 spiro atoms. The lowest BCUT2D eigenvalue weighted by Crippen LogP contribution is -2.50. The minimum atomic E-state index is 0.0156. The second kappa shape index (κ2) is 7.61. The fraction of sp³-hybridized carbons (Fsp3) is 0.588. The van der Waals surface area contributed by atoms with Gasteiger partial charge in [-0.15, -0.1) is 0 Å². The van der Waals surface area contributed by atoms with Crippen LogP contribution in [0.1, 0.15) is 19.4 Å². The van der Waals surface area contributed by atoms with Crippen LogP contribution in [0.5, 0.6) is 5.75 Å². The molecule has 1 heterocycles. The number of rotatable bonds is 5. The van der Waals surface area contributed by atoms with Gasteiger partial charge in [-0.05, 0) is 38.5 Å². The molecule has 1 saturated heterocycles. The molecular weight excluding hydrogens is 278 g/mol. The summed E-state index contributed by atoms with van der Waals surface area (Å²) >= 11 is 0. The van der Waals surface area contributed by atoms with Gasteiger partial charge in [0.05, 0.1) is 19.3 Å². The first-order chi connectivity index (χ1) is 10.5. The first-order valence-electron chi connectivity index (χ1n) is 7.90. The van der Waals surface area contributed by atoms with Gasteiger partial charge >= 0.3 is 0 Å². The van der Waals surface area contributed by atoms with Crippen LogP contribution in [-0.4, -0.2) is 61.6 Å². The Morgan fingerprint density at radius 1 is 1.27 bits per heavy atom. The van der Waals surface area contributed by atoms with Gasteiger partial charge in [-0.1, -0.05) is 6.07 Å². The van der Waals surface area contributed by atoms with Crippen LogP contribution in [0.15, 0.2) is 18.2 Å². The molecule has 0 aliphatic carbocycles. The van der Waals surface area contributed by atoms with Crippen molar-refractivity contribution in [2.45, 2.75) is 26.8 Å². The number of piperazine rings is 1. The largest absolute Gasteiger partial charge is 0.495 e. The number of hydrogen-bond acceptors (Lipinski definition) is 4. The Bertz CT molecular complexity index is 509. The number of amides is 1. The third-order valence-electron chi connectivity index (χ3n) is 4.13. The van der Waals surface area contributed by atoms with Crippen molar-refractivity contribution in [1.29, 1.82) is 0 Å². The van der Waals surface area contributed by atoms with Crippen molar-refractivity contribution in [3.63, 3.8) is 0 Å². The molecule has 1 amide bonds. The molecule has 1 fully saturated rings. The topological polar surface area (TPSA) is 44.8 Å². The highest BCUT2D eigenvalue weighted by atomic mass is 16.5. The second-order valence-corrected chi connectivity index (χ2v) is 6.16. The predicted molar refractivity (Wildman–Crippen MR) is 89.5 cm³/mol. The van der Waals surface area contributed by atoms with Crippen LogP contribution < -0.4 is 10.1 Å². The van der Waals surface area contributed by atoms with Crippen LogP contribution in [-0.2, 0) is 4.79 Å². The van der Waals surface area contributed by atoms with Gasteiger partial charge in [-0.25, -0.2) is 0 Å². The molecule has 22 heavy (non-hydrogen) atoms. The molecule has 2 rings (SSSR count). The third-order valence-corrected chi connectivity index (χ3v) is 4.13. The number of carbonyl (C=O) groups excluding carboxylic acids is 1. The van der Waals surface area contributed by atoms with Crippen molar-refractivity contribution >= 4 is 11.6 Å². The Balaban J connectivity index is 1.87. The van der Waals surface area contributed by atoms with Gasteiger partial charge in [-0.2, -0.15) is 0 Å². The van der Waals surface area contributed by atoms with E-state index in [9.17, 15) is 4.79 Å². The van der Waals surface area contributed by atoms with E-state index in [1.807, 2.05) is 25.1 Å². The van der Waals surface area contributed by atoms with Crippen LogP contribution in [0, 0.1) is 6.92 Å². The van der Waals surface area contributed by atoms with E-state index in [0.717, 1.165) is 37.4 Å². The molecule has 1 aromatic rings. The van der Waals surface area contributed by atoms with Gasteiger partial charge in [0.1, 0.15) is 5.75 Å². The highest BCUT2D eigenvalue weighted by Gasteiger charge is 2.20. The lowest BCUT2D eigenvalue weighted by Gasteiger charge is -2.36. The van der Waals surface area contributed by atoms with Gasteiger partial charge in [0.2, 0.25) is 5.91 Å². The zero-order valence-electron chi connectivity index (χ0n) is 14.1. The zero-order valence-corrected chi connectivity index (χ0v) is 14.1. The minimum absolute atomic E-state index is 0.0156. The van der Waals surface area contributed by atoms with E-state index in [2.05, 4.69) is 29.0 Å². The van der Waals surface area contributed by atoms with Crippen molar-refractivity contribution < 1.29 is 9.53 Å². The summed E-state index contributed by atoms with van der Waals surface area (Å²) in [6, 6.07) is 6.37. The molecule has 0 saturated carbocycles. The smallest absolute Gasteiger partial charge is 0.238 e. The first-order valence-corrected chi connectivity index (χ1v) is 7.90. The van der Waals surface area contributed by atoms with Crippen LogP contribution in [0.3, 0.4) is 0 Å². The molecule has 1 aromatic carbocycles. The van der Waals surface area contributed by atoms with Crippen LogP contribution in [0.2, 0.25) is 0 Å². The average Bonchev–Trinajstić information content (AvgIpc) is 2.48. The van der Waals surface area contributed by atoms with Crippen molar-refractivity contribution in [1.82, 2.24) is 9.80 Å². The summed E-state index contributed by atoms with van der Waals surface area (Å²) in [5.41, 5.74) is 1.84. The monoisotopic (exact) mass is 305 g/mol. The highest BCUT2D eigenvalue weighted by molar-refractivity contribution is 5.93. The van der Waals surface area contributed by atoms with E-state index in [-0.39, 0.29) is 5.91 Å². The molecule has 0 unspecified atom stereocenters. The van der Waals surface area contributed by atoms with E-state index >= 15 is 0 Å². The predicted octanol–water partition coefficient (Wildman–Crippen LogP) is 1.97. The summed E-state index contributed by atoms with van der Waals surface area (Å²) < 4.78 is 5.30. The Labute approximate surface area is 133 Å². The Morgan fingerprint density at radius 2 is 1.95 bits per heavy atom. The number of methoxy groups -OCH3 is 1. The number of anilines is 1. The highest BCUT2D eigenvalue weighted by Crippen LogP contribution is 2.25. The molecule has 122 valence electrons. The molecular formula is C17H27N3O2. The van der Waals surface area contributed by atoms with Gasteiger partial charge in [0.15, 0.2) is 0 Å². The van der Waals surface area contributed by atoms with Crippen molar-refractivity contribution in [2.24, 2.45) is 0 Å². The molecule has 5 nitrogen and oxygen atoms in total.